The molecule has 0 bridgehead atoms. The lowest BCUT2D eigenvalue weighted by atomic mass is 10.0. The minimum atomic E-state index is -3.74. The van der Waals surface area contributed by atoms with E-state index in [1.165, 1.54) is 21.7 Å². The number of sulfonamides is 1. The van der Waals surface area contributed by atoms with Gasteiger partial charge in [0.15, 0.2) is 4.96 Å². The van der Waals surface area contributed by atoms with Gasteiger partial charge < -0.3 is 0 Å². The van der Waals surface area contributed by atoms with Gasteiger partial charge in [0.2, 0.25) is 10.0 Å². The van der Waals surface area contributed by atoms with Crippen LogP contribution in [0.15, 0.2) is 33.4 Å². The lowest BCUT2D eigenvalue weighted by molar-refractivity contribution is 0.288. The minimum Gasteiger partial charge on any atom is -0.292 e. The zero-order valence-electron chi connectivity index (χ0n) is 13.5. The minimum absolute atomic E-state index is 0.0229. The van der Waals surface area contributed by atoms with E-state index >= 15 is 0 Å². The van der Waals surface area contributed by atoms with E-state index in [0.717, 1.165) is 12.8 Å². The molecule has 0 atom stereocenters. The van der Waals surface area contributed by atoms with Gasteiger partial charge in [-0.2, -0.15) is 9.29 Å². The molecule has 25 heavy (non-hydrogen) atoms. The van der Waals surface area contributed by atoms with Crippen molar-refractivity contribution < 1.29 is 8.42 Å². The summed E-state index contributed by atoms with van der Waals surface area (Å²) in [7, 11) is -3.74. The van der Waals surface area contributed by atoms with Gasteiger partial charge in [0.05, 0.1) is 15.9 Å². The maximum Gasteiger partial charge on any atom is 0.281 e. The van der Waals surface area contributed by atoms with Gasteiger partial charge in [-0.3, -0.25) is 9.20 Å². The first kappa shape index (κ1) is 17.0. The van der Waals surface area contributed by atoms with Crippen LogP contribution in [0.5, 0.6) is 0 Å². The number of hydrogen-bond donors (Lipinski definition) is 0. The van der Waals surface area contributed by atoms with E-state index < -0.39 is 15.6 Å². The fourth-order valence-corrected chi connectivity index (χ4v) is 5.86. The molecule has 0 aliphatic carbocycles. The lowest BCUT2D eigenvalue weighted by Crippen LogP contribution is -2.38. The van der Waals surface area contributed by atoms with Crippen molar-refractivity contribution in [3.05, 3.63) is 39.1 Å². The van der Waals surface area contributed by atoms with Crippen LogP contribution in [0.25, 0.3) is 15.9 Å². The third kappa shape index (κ3) is 2.77. The molecule has 3 heterocycles. The van der Waals surface area contributed by atoms with E-state index in [0.29, 0.717) is 29.5 Å². The second kappa shape index (κ2) is 6.05. The molecule has 1 saturated heterocycles. The van der Waals surface area contributed by atoms with E-state index in [1.807, 2.05) is 5.38 Å². The molecule has 0 saturated carbocycles. The first-order chi connectivity index (χ1) is 11.9. The maximum absolute atomic E-state index is 13.0. The molecule has 9 heteroatoms. The molecule has 1 aromatic carbocycles. The number of piperidine rings is 1. The molecular weight excluding hydrogens is 382 g/mol. The molecule has 1 fully saturated rings. The van der Waals surface area contributed by atoms with Crippen molar-refractivity contribution in [2.24, 2.45) is 5.92 Å². The normalized spacial score (nSPS) is 17.5. The van der Waals surface area contributed by atoms with E-state index in [-0.39, 0.29) is 15.3 Å². The molecule has 1 aliphatic heterocycles. The number of nitrogens with zero attached hydrogens (tertiary/aromatic N) is 3. The van der Waals surface area contributed by atoms with Gasteiger partial charge in [0.1, 0.15) is 4.90 Å². The topological polar surface area (TPSA) is 71.8 Å². The summed E-state index contributed by atoms with van der Waals surface area (Å²) in [5.41, 5.74) is 0.116. The largest absolute Gasteiger partial charge is 0.292 e. The molecule has 2 aromatic heterocycles. The van der Waals surface area contributed by atoms with Crippen LogP contribution < -0.4 is 5.56 Å². The highest BCUT2D eigenvalue weighted by atomic mass is 35.5. The summed E-state index contributed by atoms with van der Waals surface area (Å²) < 4.78 is 29.2. The van der Waals surface area contributed by atoms with Gasteiger partial charge in [-0.1, -0.05) is 18.5 Å². The van der Waals surface area contributed by atoms with E-state index in [1.54, 1.807) is 16.7 Å². The van der Waals surface area contributed by atoms with Crippen molar-refractivity contribution >= 4 is 48.8 Å². The summed E-state index contributed by atoms with van der Waals surface area (Å²) in [6.07, 6.45) is 3.43. The van der Waals surface area contributed by atoms with Gasteiger partial charge in [0.25, 0.3) is 5.56 Å². The van der Waals surface area contributed by atoms with Gasteiger partial charge in [-0.05, 0) is 30.9 Å². The highest BCUT2D eigenvalue weighted by Gasteiger charge is 2.30. The van der Waals surface area contributed by atoms with Crippen LogP contribution in [-0.2, 0) is 10.0 Å². The first-order valence-corrected chi connectivity index (χ1v) is 10.7. The van der Waals surface area contributed by atoms with Crippen molar-refractivity contribution in [1.82, 2.24) is 13.7 Å². The first-order valence-electron chi connectivity index (χ1n) is 7.97. The van der Waals surface area contributed by atoms with Crippen LogP contribution in [0.1, 0.15) is 19.8 Å². The Kier molecular flexibility index (Phi) is 4.10. The Labute approximate surface area is 153 Å². The number of hydrogen-bond acceptors (Lipinski definition) is 5. The highest BCUT2D eigenvalue weighted by molar-refractivity contribution is 7.89. The average molecular weight is 398 g/mol. The molecule has 0 amide bonds. The second-order valence-corrected chi connectivity index (χ2v) is 9.55. The lowest BCUT2D eigenvalue weighted by Gasteiger charge is -2.29. The van der Waals surface area contributed by atoms with Gasteiger partial charge in [0, 0.05) is 24.7 Å². The summed E-state index contributed by atoms with van der Waals surface area (Å²) in [6, 6.07) is 2.91. The smallest absolute Gasteiger partial charge is 0.281 e. The summed E-state index contributed by atoms with van der Waals surface area (Å²) >= 11 is 7.65. The summed E-state index contributed by atoms with van der Waals surface area (Å²) in [4.78, 5) is 16.9. The Balaban J connectivity index is 1.90. The molecule has 0 N–H and O–H groups in total. The Bertz CT molecular complexity index is 1130. The number of halogens is 1. The molecule has 132 valence electrons. The van der Waals surface area contributed by atoms with Crippen molar-refractivity contribution in [2.45, 2.75) is 24.7 Å². The monoisotopic (exact) mass is 397 g/mol. The number of fused-ring (bicyclic) bond motifs is 3. The van der Waals surface area contributed by atoms with E-state index in [4.69, 9.17) is 11.6 Å². The van der Waals surface area contributed by atoms with Crippen LogP contribution in [0.2, 0.25) is 5.02 Å². The number of thiazole rings is 1. The van der Waals surface area contributed by atoms with E-state index in [2.05, 4.69) is 11.9 Å². The zero-order chi connectivity index (χ0) is 17.8. The molecular formula is C16H16ClN3O3S2. The SMILES string of the molecule is CC1CCN(S(=O)(=O)c2cc3c(=O)nc4sccn4c3cc2Cl)CC1. The summed E-state index contributed by atoms with van der Waals surface area (Å²) in [5, 5.41) is 2.19. The molecule has 1 aliphatic rings. The predicted octanol–water partition coefficient (Wildman–Crippen LogP) is 2.98. The number of benzene rings is 1. The molecule has 0 radical (unpaired) electrons. The molecule has 0 unspecified atom stereocenters. The zero-order valence-corrected chi connectivity index (χ0v) is 15.9. The number of rotatable bonds is 2. The molecule has 6 nitrogen and oxygen atoms in total. The molecule has 3 aromatic rings. The van der Waals surface area contributed by atoms with Gasteiger partial charge >= 0.3 is 0 Å². The van der Waals surface area contributed by atoms with Crippen molar-refractivity contribution in [3.8, 4) is 0 Å². The summed E-state index contributed by atoms with van der Waals surface area (Å²) in [5.74, 6) is 0.513. The maximum atomic E-state index is 13.0. The van der Waals surface area contributed by atoms with Crippen molar-refractivity contribution in [3.63, 3.8) is 0 Å². The number of aromatic nitrogens is 2. The molecule has 0 spiro atoms. The predicted molar refractivity (Wildman–Crippen MR) is 99.0 cm³/mol. The third-order valence-corrected chi connectivity index (χ3v) is 7.81. The van der Waals surface area contributed by atoms with Crippen LogP contribution in [0.4, 0.5) is 0 Å². The fourth-order valence-electron chi connectivity index (χ4n) is 3.16. The Morgan fingerprint density at radius 2 is 2.00 bits per heavy atom. The highest BCUT2D eigenvalue weighted by Crippen LogP contribution is 2.31. The standard InChI is InChI=1S/C16H16ClN3O3S2/c1-10-2-4-19(5-3-10)25(22,23)14-8-11-13(9-12(14)17)20-6-7-24-16(20)18-15(11)21/h6-10H,2-5H2,1H3. The summed E-state index contributed by atoms with van der Waals surface area (Å²) in [6.45, 7) is 3.06. The van der Waals surface area contributed by atoms with Crippen LogP contribution >= 0.6 is 22.9 Å². The average Bonchev–Trinajstić information content (AvgIpc) is 3.03. The second-order valence-electron chi connectivity index (χ2n) is 6.36. The fraction of sp³-hybridized carbons (Fsp3) is 0.375. The van der Waals surface area contributed by atoms with Gasteiger partial charge in [-0.25, -0.2) is 8.42 Å². The van der Waals surface area contributed by atoms with Crippen LogP contribution in [0.3, 0.4) is 0 Å². The van der Waals surface area contributed by atoms with Crippen LogP contribution in [0, 0.1) is 5.92 Å². The van der Waals surface area contributed by atoms with Crippen LogP contribution in [-0.4, -0.2) is 35.2 Å². The molecule has 4 rings (SSSR count). The van der Waals surface area contributed by atoms with E-state index in [9.17, 15) is 13.2 Å². The Morgan fingerprint density at radius 1 is 1.28 bits per heavy atom. The quantitative estimate of drug-likeness (QED) is 0.666. The van der Waals surface area contributed by atoms with Crippen molar-refractivity contribution in [2.75, 3.05) is 13.1 Å². The Morgan fingerprint density at radius 3 is 2.72 bits per heavy atom. The van der Waals surface area contributed by atoms with Gasteiger partial charge in [-0.15, -0.1) is 11.3 Å². The Hall–Kier alpha value is -1.48. The third-order valence-electron chi connectivity index (χ3n) is 4.69. The van der Waals surface area contributed by atoms with Crippen molar-refractivity contribution in [1.29, 1.82) is 0 Å².